The second-order valence-corrected chi connectivity index (χ2v) is 5.48. The zero-order valence-corrected chi connectivity index (χ0v) is 13.0. The van der Waals surface area contributed by atoms with E-state index in [0.717, 1.165) is 18.5 Å². The molecule has 1 aliphatic rings. The summed E-state index contributed by atoms with van der Waals surface area (Å²) in [6.07, 6.45) is 1.53. The lowest BCUT2D eigenvalue weighted by Gasteiger charge is -2.21. The summed E-state index contributed by atoms with van der Waals surface area (Å²) in [5, 5.41) is 2.90. The van der Waals surface area contributed by atoms with Crippen LogP contribution in [-0.4, -0.2) is 50.6 Å². The zero-order chi connectivity index (χ0) is 15.9. The molecular weight excluding hydrogens is 284 g/mol. The summed E-state index contributed by atoms with van der Waals surface area (Å²) in [4.78, 5) is 25.0. The van der Waals surface area contributed by atoms with Crippen LogP contribution in [0.15, 0.2) is 24.3 Å². The highest BCUT2D eigenvalue weighted by molar-refractivity contribution is 5.92. The third-order valence-corrected chi connectivity index (χ3v) is 3.58. The van der Waals surface area contributed by atoms with Gasteiger partial charge in [-0.15, -0.1) is 0 Å². The smallest absolute Gasteiger partial charge is 0.259 e. The Bertz CT molecular complexity index is 507. The van der Waals surface area contributed by atoms with E-state index < -0.39 is 0 Å². The zero-order valence-electron chi connectivity index (χ0n) is 13.0. The molecular formula is C16H22N2O4. The number of benzene rings is 1. The monoisotopic (exact) mass is 306 g/mol. The fourth-order valence-electron chi connectivity index (χ4n) is 2.11. The number of likely N-dealkylation sites (N-methyl/N-ethyl adjacent to an activating group) is 1. The first-order valence-electron chi connectivity index (χ1n) is 7.38. The SMILES string of the molecule is CN(C)C(=O)COc1ccc(NC(=O)C2CCOCC2)cc1. The molecule has 0 saturated carbocycles. The summed E-state index contributed by atoms with van der Waals surface area (Å²) < 4.78 is 10.6. The third-order valence-electron chi connectivity index (χ3n) is 3.58. The molecule has 22 heavy (non-hydrogen) atoms. The van der Waals surface area contributed by atoms with E-state index in [0.29, 0.717) is 19.0 Å². The molecule has 0 atom stereocenters. The van der Waals surface area contributed by atoms with Crippen LogP contribution in [0.3, 0.4) is 0 Å². The Labute approximate surface area is 130 Å². The molecule has 0 aliphatic carbocycles. The molecule has 1 fully saturated rings. The summed E-state index contributed by atoms with van der Waals surface area (Å²) in [5.74, 6) is 0.540. The second kappa shape index (κ2) is 7.79. The highest BCUT2D eigenvalue weighted by Crippen LogP contribution is 2.19. The van der Waals surface area contributed by atoms with Crippen molar-refractivity contribution >= 4 is 17.5 Å². The van der Waals surface area contributed by atoms with Crippen molar-refractivity contribution in [2.45, 2.75) is 12.8 Å². The molecule has 6 nitrogen and oxygen atoms in total. The van der Waals surface area contributed by atoms with Gasteiger partial charge in [0.15, 0.2) is 6.61 Å². The highest BCUT2D eigenvalue weighted by Gasteiger charge is 2.21. The van der Waals surface area contributed by atoms with Crippen molar-refractivity contribution in [3.8, 4) is 5.75 Å². The standard InChI is InChI=1S/C16H22N2O4/c1-18(2)15(19)11-22-14-5-3-13(4-6-14)17-16(20)12-7-9-21-10-8-12/h3-6,12H,7-11H2,1-2H3,(H,17,20). The van der Waals surface area contributed by atoms with Gasteiger partial charge in [-0.25, -0.2) is 0 Å². The van der Waals surface area contributed by atoms with Gasteiger partial charge in [0.1, 0.15) is 5.75 Å². The fourth-order valence-corrected chi connectivity index (χ4v) is 2.11. The van der Waals surface area contributed by atoms with Crippen molar-refractivity contribution in [1.82, 2.24) is 4.90 Å². The molecule has 1 aliphatic heterocycles. The Morgan fingerprint density at radius 1 is 1.23 bits per heavy atom. The Balaban J connectivity index is 1.83. The lowest BCUT2D eigenvalue weighted by atomic mass is 9.99. The molecule has 6 heteroatoms. The van der Waals surface area contributed by atoms with Crippen LogP contribution in [0.1, 0.15) is 12.8 Å². The first-order chi connectivity index (χ1) is 10.6. The first-order valence-corrected chi connectivity index (χ1v) is 7.38. The normalized spacial score (nSPS) is 15.2. The average Bonchev–Trinajstić information content (AvgIpc) is 2.54. The number of hydrogen-bond donors (Lipinski definition) is 1. The minimum Gasteiger partial charge on any atom is -0.484 e. The lowest BCUT2D eigenvalue weighted by Crippen LogP contribution is -2.28. The Morgan fingerprint density at radius 2 is 1.86 bits per heavy atom. The van der Waals surface area contributed by atoms with E-state index in [1.54, 1.807) is 38.4 Å². The quantitative estimate of drug-likeness (QED) is 0.895. The van der Waals surface area contributed by atoms with Gasteiger partial charge in [-0.2, -0.15) is 0 Å². The maximum absolute atomic E-state index is 12.1. The summed E-state index contributed by atoms with van der Waals surface area (Å²) in [6, 6.07) is 7.02. The van der Waals surface area contributed by atoms with Crippen molar-refractivity contribution < 1.29 is 19.1 Å². The maximum Gasteiger partial charge on any atom is 0.259 e. The number of anilines is 1. The number of nitrogens with zero attached hydrogens (tertiary/aromatic N) is 1. The first kappa shape index (κ1) is 16.3. The van der Waals surface area contributed by atoms with E-state index in [1.807, 2.05) is 0 Å². The lowest BCUT2D eigenvalue weighted by molar-refractivity contribution is -0.130. The van der Waals surface area contributed by atoms with Crippen LogP contribution in [0.25, 0.3) is 0 Å². The molecule has 120 valence electrons. The summed E-state index contributed by atoms with van der Waals surface area (Å²) in [6.45, 7) is 1.29. The van der Waals surface area contributed by atoms with E-state index in [-0.39, 0.29) is 24.3 Å². The molecule has 1 saturated heterocycles. The minimum atomic E-state index is -0.100. The molecule has 1 N–H and O–H groups in total. The van der Waals surface area contributed by atoms with Gasteiger partial charge in [0.2, 0.25) is 5.91 Å². The summed E-state index contributed by atoms with van der Waals surface area (Å²) in [5.41, 5.74) is 0.725. The predicted octanol–water partition coefficient (Wildman–Crippen LogP) is 1.52. The van der Waals surface area contributed by atoms with Gasteiger partial charge in [0, 0.05) is 38.9 Å². The van der Waals surface area contributed by atoms with Gasteiger partial charge in [-0.1, -0.05) is 0 Å². The Hall–Kier alpha value is -2.08. The molecule has 1 heterocycles. The molecule has 0 radical (unpaired) electrons. The van der Waals surface area contributed by atoms with Gasteiger partial charge in [-0.05, 0) is 37.1 Å². The van der Waals surface area contributed by atoms with E-state index in [9.17, 15) is 9.59 Å². The number of nitrogens with one attached hydrogen (secondary N) is 1. The van der Waals surface area contributed by atoms with Crippen LogP contribution in [-0.2, 0) is 14.3 Å². The molecule has 0 bridgehead atoms. The van der Waals surface area contributed by atoms with Crippen molar-refractivity contribution in [1.29, 1.82) is 0 Å². The molecule has 0 unspecified atom stereocenters. The van der Waals surface area contributed by atoms with E-state index in [4.69, 9.17) is 9.47 Å². The van der Waals surface area contributed by atoms with Crippen molar-refractivity contribution in [2.24, 2.45) is 5.92 Å². The molecule has 0 aromatic heterocycles. The molecule has 1 aromatic carbocycles. The minimum absolute atomic E-state index is 0.000774. The Morgan fingerprint density at radius 3 is 2.45 bits per heavy atom. The number of carbonyl (C=O) groups excluding carboxylic acids is 2. The van der Waals surface area contributed by atoms with Crippen LogP contribution in [0.2, 0.25) is 0 Å². The van der Waals surface area contributed by atoms with Gasteiger partial charge >= 0.3 is 0 Å². The highest BCUT2D eigenvalue weighted by atomic mass is 16.5. The summed E-state index contributed by atoms with van der Waals surface area (Å²) >= 11 is 0. The van der Waals surface area contributed by atoms with Gasteiger partial charge < -0.3 is 19.7 Å². The third kappa shape index (κ3) is 4.73. The van der Waals surface area contributed by atoms with E-state index in [2.05, 4.69) is 5.32 Å². The number of ether oxygens (including phenoxy) is 2. The molecule has 0 spiro atoms. The molecule has 2 rings (SSSR count). The number of carbonyl (C=O) groups is 2. The second-order valence-electron chi connectivity index (χ2n) is 5.48. The van der Waals surface area contributed by atoms with Crippen LogP contribution < -0.4 is 10.1 Å². The van der Waals surface area contributed by atoms with Crippen LogP contribution >= 0.6 is 0 Å². The summed E-state index contributed by atoms with van der Waals surface area (Å²) in [7, 11) is 3.36. The van der Waals surface area contributed by atoms with Crippen molar-refractivity contribution in [2.75, 3.05) is 39.2 Å². The van der Waals surface area contributed by atoms with Crippen LogP contribution in [0.5, 0.6) is 5.75 Å². The van der Waals surface area contributed by atoms with Crippen molar-refractivity contribution in [3.63, 3.8) is 0 Å². The fraction of sp³-hybridized carbons (Fsp3) is 0.500. The van der Waals surface area contributed by atoms with Gasteiger partial charge in [-0.3, -0.25) is 9.59 Å². The number of rotatable bonds is 5. The van der Waals surface area contributed by atoms with Crippen LogP contribution in [0.4, 0.5) is 5.69 Å². The largest absolute Gasteiger partial charge is 0.484 e. The van der Waals surface area contributed by atoms with Crippen LogP contribution in [0, 0.1) is 5.92 Å². The van der Waals surface area contributed by atoms with E-state index in [1.165, 1.54) is 4.90 Å². The van der Waals surface area contributed by atoms with Gasteiger partial charge in [0.25, 0.3) is 5.91 Å². The molecule has 2 amide bonds. The maximum atomic E-state index is 12.1. The molecule has 1 aromatic rings. The average molecular weight is 306 g/mol. The van der Waals surface area contributed by atoms with Crippen molar-refractivity contribution in [3.05, 3.63) is 24.3 Å². The predicted molar refractivity (Wildman–Crippen MR) is 82.8 cm³/mol. The van der Waals surface area contributed by atoms with E-state index >= 15 is 0 Å². The number of amides is 2. The topological polar surface area (TPSA) is 67.9 Å². The number of hydrogen-bond acceptors (Lipinski definition) is 4. The Kier molecular flexibility index (Phi) is 5.77. The van der Waals surface area contributed by atoms with Gasteiger partial charge in [0.05, 0.1) is 0 Å².